The maximum absolute atomic E-state index is 11.7. The van der Waals surface area contributed by atoms with Gasteiger partial charge in [-0.25, -0.2) is 14.7 Å². The van der Waals surface area contributed by atoms with Gasteiger partial charge in [-0.3, -0.25) is 0 Å². The van der Waals surface area contributed by atoms with Gasteiger partial charge in [-0.1, -0.05) is 36.7 Å². The molecule has 124 valence electrons. The van der Waals surface area contributed by atoms with Gasteiger partial charge in [0.25, 0.3) is 9.26 Å². The van der Waals surface area contributed by atoms with Crippen LogP contribution in [0.4, 0.5) is 10.5 Å². The fourth-order valence-corrected chi connectivity index (χ4v) is 4.75. The molecule has 0 aromatic heterocycles. The Labute approximate surface area is 145 Å². The molecule has 6 nitrogen and oxygen atoms in total. The molecule has 0 bridgehead atoms. The summed E-state index contributed by atoms with van der Waals surface area (Å²) in [5, 5.41) is 11.1. The van der Waals surface area contributed by atoms with Crippen molar-refractivity contribution >= 4 is 51.6 Å². The SMILES string of the molecule is CC(C)(C)C1=CS(=S(=O)=O)C(N(C(=O)O)c2ccc(Br)cc2)=N1. The van der Waals surface area contributed by atoms with Crippen molar-refractivity contribution < 1.29 is 18.3 Å². The van der Waals surface area contributed by atoms with Gasteiger partial charge in [-0.05, 0) is 24.3 Å². The third-order valence-corrected chi connectivity index (χ3v) is 6.51. The van der Waals surface area contributed by atoms with Crippen LogP contribution in [0, 0.1) is 5.41 Å². The Morgan fingerprint density at radius 3 is 2.26 bits per heavy atom. The zero-order chi connectivity index (χ0) is 17.4. The highest BCUT2D eigenvalue weighted by Crippen LogP contribution is 2.32. The summed E-state index contributed by atoms with van der Waals surface area (Å²) in [6.07, 6.45) is -1.28. The Morgan fingerprint density at radius 1 is 1.26 bits per heavy atom. The van der Waals surface area contributed by atoms with Crippen molar-refractivity contribution in [2.45, 2.75) is 20.8 Å². The smallest absolute Gasteiger partial charge is 0.418 e. The van der Waals surface area contributed by atoms with Crippen molar-refractivity contribution in [3.05, 3.63) is 39.8 Å². The molecule has 1 aliphatic rings. The largest absolute Gasteiger partial charge is 0.464 e. The lowest BCUT2D eigenvalue weighted by Gasteiger charge is -2.20. The Hall–Kier alpha value is -1.45. The van der Waals surface area contributed by atoms with E-state index in [1.165, 1.54) is 5.41 Å². The van der Waals surface area contributed by atoms with E-state index < -0.39 is 24.8 Å². The Balaban J connectivity index is 2.62. The lowest BCUT2D eigenvalue weighted by Crippen LogP contribution is -2.37. The maximum atomic E-state index is 11.7. The highest BCUT2D eigenvalue weighted by atomic mass is 79.9. The second-order valence-electron chi connectivity index (χ2n) is 5.74. The van der Waals surface area contributed by atoms with Crippen LogP contribution in [0.5, 0.6) is 0 Å². The number of amides is 1. The van der Waals surface area contributed by atoms with E-state index >= 15 is 0 Å². The van der Waals surface area contributed by atoms with Gasteiger partial charge in [0.2, 0.25) is 0 Å². The van der Waals surface area contributed by atoms with Gasteiger partial charge in [0.15, 0.2) is 5.17 Å². The number of benzene rings is 1. The second kappa shape index (κ2) is 6.58. The van der Waals surface area contributed by atoms with E-state index in [-0.39, 0.29) is 10.6 Å². The zero-order valence-electron chi connectivity index (χ0n) is 12.6. The lowest BCUT2D eigenvalue weighted by atomic mass is 9.93. The summed E-state index contributed by atoms with van der Waals surface area (Å²) in [6.45, 7) is 5.68. The number of aliphatic imine (C=N–C) groups is 1. The van der Waals surface area contributed by atoms with Crippen LogP contribution in [0.3, 0.4) is 0 Å². The van der Waals surface area contributed by atoms with Crippen LogP contribution < -0.4 is 4.90 Å². The van der Waals surface area contributed by atoms with Crippen LogP contribution in [0.2, 0.25) is 0 Å². The molecule has 1 heterocycles. The summed E-state index contributed by atoms with van der Waals surface area (Å²) in [7, 11) is -3.90. The van der Waals surface area contributed by atoms with E-state index in [2.05, 4.69) is 20.9 Å². The van der Waals surface area contributed by atoms with Crippen molar-refractivity contribution in [2.24, 2.45) is 10.4 Å². The van der Waals surface area contributed by atoms with Crippen molar-refractivity contribution in [1.82, 2.24) is 0 Å². The summed E-state index contributed by atoms with van der Waals surface area (Å²) in [4.78, 5) is 16.9. The molecular weight excluding hydrogens is 404 g/mol. The molecule has 1 N–H and O–H groups in total. The van der Waals surface area contributed by atoms with E-state index in [1.807, 2.05) is 20.8 Å². The van der Waals surface area contributed by atoms with E-state index in [9.17, 15) is 18.3 Å². The molecule has 0 saturated heterocycles. The number of anilines is 1. The third kappa shape index (κ3) is 3.91. The molecule has 1 amide bonds. The average molecular weight is 419 g/mol. The minimum absolute atomic E-state index is 0.00178. The van der Waals surface area contributed by atoms with Gasteiger partial charge in [0.05, 0.1) is 11.4 Å². The minimum atomic E-state index is -2.49. The van der Waals surface area contributed by atoms with Crippen molar-refractivity contribution in [2.75, 3.05) is 4.90 Å². The van der Waals surface area contributed by atoms with Gasteiger partial charge < -0.3 is 5.11 Å². The maximum Gasteiger partial charge on any atom is 0.418 e. The first kappa shape index (κ1) is 17.9. The molecule has 0 saturated carbocycles. The minimum Gasteiger partial charge on any atom is -0.464 e. The molecule has 1 aromatic rings. The first-order chi connectivity index (χ1) is 10.6. The molecule has 1 aliphatic heterocycles. The number of carboxylic acid groups (broad SMARTS) is 1. The summed E-state index contributed by atoms with van der Waals surface area (Å²) in [6, 6.07) is 6.55. The van der Waals surface area contributed by atoms with Gasteiger partial charge in [-0.15, -0.1) is 0 Å². The van der Waals surface area contributed by atoms with Gasteiger partial charge >= 0.3 is 6.09 Å². The average Bonchev–Trinajstić information content (AvgIpc) is 2.86. The number of rotatable bonds is 1. The van der Waals surface area contributed by atoms with Gasteiger partial charge in [0.1, 0.15) is 0 Å². The van der Waals surface area contributed by atoms with Gasteiger partial charge in [-0.2, -0.15) is 8.42 Å². The number of amidine groups is 1. The molecule has 1 unspecified atom stereocenters. The first-order valence-electron chi connectivity index (χ1n) is 6.53. The van der Waals surface area contributed by atoms with Crippen LogP contribution in [0.15, 0.2) is 44.8 Å². The fourth-order valence-electron chi connectivity index (χ4n) is 1.81. The summed E-state index contributed by atoms with van der Waals surface area (Å²) in [5.74, 6) is 0. The van der Waals surface area contributed by atoms with Crippen LogP contribution in [-0.4, -0.2) is 24.8 Å². The van der Waals surface area contributed by atoms with Crippen LogP contribution in [0.1, 0.15) is 20.8 Å². The summed E-state index contributed by atoms with van der Waals surface area (Å²) in [5.41, 5.74) is 0.519. The van der Waals surface area contributed by atoms with E-state index in [1.54, 1.807) is 24.3 Å². The van der Waals surface area contributed by atoms with Gasteiger partial charge in [0, 0.05) is 24.8 Å². The van der Waals surface area contributed by atoms with Crippen molar-refractivity contribution in [1.29, 1.82) is 0 Å². The van der Waals surface area contributed by atoms with Crippen molar-refractivity contribution in [3.63, 3.8) is 0 Å². The molecule has 1 aromatic carbocycles. The van der Waals surface area contributed by atoms with E-state index in [0.29, 0.717) is 11.4 Å². The Kier molecular flexibility index (Phi) is 5.12. The predicted octanol–water partition coefficient (Wildman–Crippen LogP) is 3.60. The molecule has 2 rings (SSSR count). The highest BCUT2D eigenvalue weighted by Gasteiger charge is 2.32. The normalized spacial score (nSPS) is 17.5. The molecule has 0 radical (unpaired) electrons. The third-order valence-electron chi connectivity index (χ3n) is 3.00. The zero-order valence-corrected chi connectivity index (χ0v) is 15.9. The van der Waals surface area contributed by atoms with Crippen LogP contribution >= 0.6 is 15.9 Å². The van der Waals surface area contributed by atoms with Crippen molar-refractivity contribution in [3.8, 4) is 0 Å². The summed E-state index contributed by atoms with van der Waals surface area (Å²) >= 11 is 3.28. The van der Waals surface area contributed by atoms with E-state index in [0.717, 1.165) is 9.37 Å². The Morgan fingerprint density at radius 2 is 1.83 bits per heavy atom. The number of carbonyl (C=O) groups is 1. The number of nitrogens with zero attached hydrogens (tertiary/aromatic N) is 2. The molecule has 0 spiro atoms. The molecule has 0 aliphatic carbocycles. The fraction of sp³-hybridized carbons (Fsp3) is 0.286. The molecule has 1 atom stereocenters. The first-order valence-corrected chi connectivity index (χ1v) is 10.2. The number of allylic oxidation sites excluding steroid dienone is 1. The monoisotopic (exact) mass is 418 g/mol. The quantitative estimate of drug-likeness (QED) is 0.754. The predicted molar refractivity (Wildman–Crippen MR) is 95.9 cm³/mol. The summed E-state index contributed by atoms with van der Waals surface area (Å²) < 4.78 is 23.9. The highest BCUT2D eigenvalue weighted by molar-refractivity contribution is 9.10. The van der Waals surface area contributed by atoms with Crippen LogP contribution in [0.25, 0.3) is 0 Å². The number of hydrogen-bond donors (Lipinski definition) is 1. The Bertz CT molecular complexity index is 842. The van der Waals surface area contributed by atoms with Crippen LogP contribution in [-0.2, 0) is 18.7 Å². The molecule has 0 fully saturated rings. The van der Waals surface area contributed by atoms with E-state index in [4.69, 9.17) is 0 Å². The lowest BCUT2D eigenvalue weighted by molar-refractivity contribution is 0.205. The molecule has 23 heavy (non-hydrogen) atoms. The standard InChI is InChI=1S/C14H15BrN2O4S2/c1-14(2,3)11-8-22(23(20)21)12(16-11)17(13(18)19)10-6-4-9(15)5-7-10/h4-8H,1-3H3,(H,18,19). The number of halogens is 1. The number of hydrogen-bond acceptors (Lipinski definition) is 4. The topological polar surface area (TPSA) is 87.0 Å². The molecule has 9 heteroatoms. The molecular formula is C14H15BrN2O4S2. The second-order valence-corrected chi connectivity index (χ2v) is 10.2.